The highest BCUT2D eigenvalue weighted by Crippen LogP contribution is 2.17. The fraction of sp³-hybridized carbons (Fsp3) is 0.312. The van der Waals surface area contributed by atoms with Crippen LogP contribution in [0.3, 0.4) is 0 Å². The number of carbonyl (C=O) groups excluding carboxylic acids is 2. The largest absolute Gasteiger partial charge is 0.497 e. The van der Waals surface area contributed by atoms with Crippen LogP contribution >= 0.6 is 11.3 Å². The summed E-state index contributed by atoms with van der Waals surface area (Å²) in [7, 11) is 3.17. The molecule has 0 unspecified atom stereocenters. The molecular weight excluding hydrogens is 330 g/mol. The molecule has 2 N–H and O–H groups in total. The minimum atomic E-state index is -0.293. The number of nitrogens with zero attached hydrogens (tertiary/aromatic N) is 1. The molecule has 2 amide bonds. The van der Waals surface area contributed by atoms with E-state index in [0.717, 1.165) is 6.42 Å². The summed E-state index contributed by atoms with van der Waals surface area (Å²) in [5.74, 6) is 0.111. The number of thiazole rings is 1. The number of ether oxygens (including phenoxy) is 2. The topological polar surface area (TPSA) is 89.6 Å². The van der Waals surface area contributed by atoms with Crippen molar-refractivity contribution in [2.24, 2.45) is 0 Å². The zero-order valence-corrected chi connectivity index (χ0v) is 14.3. The lowest BCUT2D eigenvalue weighted by atomic mass is 10.2. The highest BCUT2D eigenvalue weighted by atomic mass is 32.1. The Morgan fingerprint density at radius 3 is 2.58 bits per heavy atom. The van der Waals surface area contributed by atoms with Crippen molar-refractivity contribution in [3.8, 4) is 5.75 Å². The quantitative estimate of drug-likeness (QED) is 0.713. The summed E-state index contributed by atoms with van der Waals surface area (Å²) >= 11 is 1.20. The number of hydrogen-bond acceptors (Lipinski definition) is 6. The molecule has 24 heavy (non-hydrogen) atoms. The van der Waals surface area contributed by atoms with Gasteiger partial charge < -0.3 is 14.8 Å². The van der Waals surface area contributed by atoms with Gasteiger partial charge >= 0.3 is 0 Å². The predicted molar refractivity (Wildman–Crippen MR) is 91.9 cm³/mol. The number of nitrogens with one attached hydrogen (secondary N) is 2. The van der Waals surface area contributed by atoms with Crippen LogP contribution in [0.25, 0.3) is 0 Å². The van der Waals surface area contributed by atoms with E-state index in [-0.39, 0.29) is 17.5 Å². The summed E-state index contributed by atoms with van der Waals surface area (Å²) in [5.41, 5.74) is 0.763. The van der Waals surface area contributed by atoms with E-state index in [4.69, 9.17) is 9.47 Å². The van der Waals surface area contributed by atoms with E-state index in [1.807, 2.05) is 0 Å². The molecule has 0 aliphatic heterocycles. The Morgan fingerprint density at radius 1 is 1.17 bits per heavy atom. The average molecular weight is 349 g/mol. The van der Waals surface area contributed by atoms with Crippen molar-refractivity contribution in [3.05, 3.63) is 40.9 Å². The fourth-order valence-corrected chi connectivity index (χ4v) is 2.54. The van der Waals surface area contributed by atoms with Gasteiger partial charge in [0, 0.05) is 31.2 Å². The number of hydrogen-bond donors (Lipinski definition) is 2. The monoisotopic (exact) mass is 349 g/mol. The smallest absolute Gasteiger partial charge is 0.270 e. The summed E-state index contributed by atoms with van der Waals surface area (Å²) < 4.78 is 9.96. The first-order valence-corrected chi connectivity index (χ1v) is 8.20. The Hall–Kier alpha value is -2.45. The van der Waals surface area contributed by atoms with Crippen molar-refractivity contribution in [2.45, 2.75) is 6.42 Å². The van der Waals surface area contributed by atoms with Gasteiger partial charge in [-0.15, -0.1) is 11.3 Å². The lowest BCUT2D eigenvalue weighted by molar-refractivity contribution is 0.0943. The predicted octanol–water partition coefficient (Wildman–Crippen LogP) is 2.17. The minimum absolute atomic E-state index is 0.271. The number of amides is 2. The second-order valence-corrected chi connectivity index (χ2v) is 5.68. The number of benzene rings is 1. The molecule has 8 heteroatoms. The minimum Gasteiger partial charge on any atom is -0.497 e. The number of methoxy groups -OCH3 is 2. The van der Waals surface area contributed by atoms with Gasteiger partial charge in [-0.05, 0) is 30.7 Å². The normalized spacial score (nSPS) is 10.2. The second kappa shape index (κ2) is 8.99. The van der Waals surface area contributed by atoms with Gasteiger partial charge in [-0.2, -0.15) is 0 Å². The first-order chi connectivity index (χ1) is 11.6. The zero-order valence-electron chi connectivity index (χ0n) is 13.5. The van der Waals surface area contributed by atoms with Crippen molar-refractivity contribution < 1.29 is 19.1 Å². The molecular formula is C16H19N3O4S. The van der Waals surface area contributed by atoms with E-state index >= 15 is 0 Å². The molecule has 2 rings (SSSR count). The van der Waals surface area contributed by atoms with E-state index in [1.54, 1.807) is 43.9 Å². The van der Waals surface area contributed by atoms with Gasteiger partial charge in [0.2, 0.25) is 0 Å². The van der Waals surface area contributed by atoms with Gasteiger partial charge in [-0.1, -0.05) is 0 Å². The van der Waals surface area contributed by atoms with Gasteiger partial charge in [-0.3, -0.25) is 14.9 Å². The molecule has 1 heterocycles. The van der Waals surface area contributed by atoms with Crippen molar-refractivity contribution in [1.82, 2.24) is 10.3 Å². The lowest BCUT2D eigenvalue weighted by Crippen LogP contribution is -2.25. The molecule has 0 fully saturated rings. The summed E-state index contributed by atoms with van der Waals surface area (Å²) in [6, 6.07) is 6.72. The standard InChI is InChI=1S/C16H19N3O4S/c1-22-9-3-8-17-15(21)13-10-24-16(18-13)19-14(20)11-4-6-12(23-2)7-5-11/h4-7,10H,3,8-9H2,1-2H3,(H,17,21)(H,18,19,20). The summed E-state index contributed by atoms with van der Waals surface area (Å²) in [6.45, 7) is 1.10. The molecule has 2 aromatic rings. The van der Waals surface area contributed by atoms with Gasteiger partial charge in [-0.25, -0.2) is 4.98 Å². The van der Waals surface area contributed by atoms with E-state index < -0.39 is 0 Å². The highest BCUT2D eigenvalue weighted by Gasteiger charge is 2.13. The molecule has 1 aromatic carbocycles. The number of carbonyl (C=O) groups is 2. The van der Waals surface area contributed by atoms with Crippen LogP contribution in [0.15, 0.2) is 29.6 Å². The Morgan fingerprint density at radius 2 is 1.92 bits per heavy atom. The summed E-state index contributed by atoms with van der Waals surface area (Å²) in [5, 5.41) is 7.40. The molecule has 0 bridgehead atoms. The van der Waals surface area contributed by atoms with Crippen LogP contribution in [0, 0.1) is 0 Å². The van der Waals surface area contributed by atoms with E-state index in [0.29, 0.717) is 29.6 Å². The molecule has 0 aliphatic rings. The van der Waals surface area contributed by atoms with Gasteiger partial charge in [0.15, 0.2) is 5.13 Å². The van der Waals surface area contributed by atoms with E-state index in [9.17, 15) is 9.59 Å². The van der Waals surface area contributed by atoms with Crippen molar-refractivity contribution in [3.63, 3.8) is 0 Å². The SMILES string of the molecule is COCCCNC(=O)c1csc(NC(=O)c2ccc(OC)cc2)n1. The third-order valence-corrected chi connectivity index (χ3v) is 3.88. The third-order valence-electron chi connectivity index (χ3n) is 3.12. The third kappa shape index (κ3) is 5.04. The van der Waals surface area contributed by atoms with Gasteiger partial charge in [0.05, 0.1) is 7.11 Å². The van der Waals surface area contributed by atoms with Crippen LogP contribution in [-0.4, -0.2) is 44.2 Å². The molecule has 0 aliphatic carbocycles. The first kappa shape index (κ1) is 17.9. The summed E-state index contributed by atoms with van der Waals surface area (Å²) in [6.07, 6.45) is 0.730. The highest BCUT2D eigenvalue weighted by molar-refractivity contribution is 7.14. The van der Waals surface area contributed by atoms with E-state index in [1.165, 1.54) is 11.3 Å². The van der Waals surface area contributed by atoms with Crippen LogP contribution < -0.4 is 15.4 Å². The molecule has 0 spiro atoms. The number of rotatable bonds is 8. The molecule has 1 aromatic heterocycles. The van der Waals surface area contributed by atoms with Crippen LogP contribution in [-0.2, 0) is 4.74 Å². The Balaban J connectivity index is 1.90. The Kier molecular flexibility index (Phi) is 6.71. The summed E-state index contributed by atoms with van der Waals surface area (Å²) in [4.78, 5) is 28.2. The second-order valence-electron chi connectivity index (χ2n) is 4.82. The Bertz CT molecular complexity index is 685. The maximum Gasteiger partial charge on any atom is 0.270 e. The maximum absolute atomic E-state index is 12.1. The van der Waals surface area contributed by atoms with E-state index in [2.05, 4.69) is 15.6 Å². The first-order valence-electron chi connectivity index (χ1n) is 7.32. The molecule has 0 saturated heterocycles. The van der Waals surface area contributed by atoms with Gasteiger partial charge in [0.25, 0.3) is 11.8 Å². The molecule has 0 saturated carbocycles. The van der Waals surface area contributed by atoms with Crippen LogP contribution in [0.5, 0.6) is 5.75 Å². The molecule has 128 valence electrons. The zero-order chi connectivity index (χ0) is 17.4. The molecule has 0 radical (unpaired) electrons. The van der Waals surface area contributed by atoms with Crippen molar-refractivity contribution >= 4 is 28.3 Å². The lowest BCUT2D eigenvalue weighted by Gasteiger charge is -2.03. The fourth-order valence-electron chi connectivity index (χ4n) is 1.86. The number of aromatic nitrogens is 1. The molecule has 0 atom stereocenters. The molecule has 7 nitrogen and oxygen atoms in total. The van der Waals surface area contributed by atoms with Crippen LogP contribution in [0.4, 0.5) is 5.13 Å². The number of anilines is 1. The maximum atomic E-state index is 12.1. The van der Waals surface area contributed by atoms with Crippen LogP contribution in [0.2, 0.25) is 0 Å². The van der Waals surface area contributed by atoms with Crippen LogP contribution in [0.1, 0.15) is 27.3 Å². The Labute approximate surface area is 144 Å². The van der Waals surface area contributed by atoms with Crippen molar-refractivity contribution in [1.29, 1.82) is 0 Å². The van der Waals surface area contributed by atoms with Crippen molar-refractivity contribution in [2.75, 3.05) is 32.7 Å². The van der Waals surface area contributed by atoms with Gasteiger partial charge in [0.1, 0.15) is 11.4 Å². The average Bonchev–Trinajstić information content (AvgIpc) is 3.07.